The number of hydrogen-bond donors (Lipinski definition) is 2. The summed E-state index contributed by atoms with van der Waals surface area (Å²) in [6.07, 6.45) is -1.22. The number of hydrogen-bond acceptors (Lipinski definition) is 7. The standard InChI is InChI=1S/C21H22F2N4O4/c1-10-15(28)8-27(10)19-25-17(13-5-6-21(22,23)18(13)26-19)11-3-4-12-14(24-20(29)30-2)9-31-16(12)7-11/h3-4,7,10,14-15,28H,5-6,8-9H2,1-2H3,(H,24,29)/t10-,14-,15+/m0/s1. The van der Waals surface area contributed by atoms with Crippen LogP contribution in [0.4, 0.5) is 19.5 Å². The summed E-state index contributed by atoms with van der Waals surface area (Å²) in [6.45, 7) is 2.36. The zero-order valence-corrected chi connectivity index (χ0v) is 17.1. The van der Waals surface area contributed by atoms with Gasteiger partial charge in [0.1, 0.15) is 18.1 Å². The smallest absolute Gasteiger partial charge is 0.407 e. The molecule has 2 N–H and O–H groups in total. The number of halogens is 2. The van der Waals surface area contributed by atoms with E-state index in [1.807, 2.05) is 0 Å². The Labute approximate surface area is 177 Å². The molecule has 0 spiro atoms. The maximum Gasteiger partial charge on any atom is 0.407 e. The monoisotopic (exact) mass is 432 g/mol. The lowest BCUT2D eigenvalue weighted by molar-refractivity contribution is -0.00603. The number of anilines is 1. The number of alkyl carbamates (subject to hydrolysis) is 1. The molecule has 2 aromatic rings. The van der Waals surface area contributed by atoms with E-state index in [9.17, 15) is 18.7 Å². The van der Waals surface area contributed by atoms with E-state index in [0.29, 0.717) is 29.1 Å². The first-order valence-corrected chi connectivity index (χ1v) is 10.1. The number of ether oxygens (including phenoxy) is 2. The number of nitrogens with one attached hydrogen (secondary N) is 1. The highest BCUT2D eigenvalue weighted by molar-refractivity contribution is 5.71. The predicted octanol–water partition coefficient (Wildman–Crippen LogP) is 2.54. The van der Waals surface area contributed by atoms with Crippen molar-refractivity contribution in [1.29, 1.82) is 0 Å². The van der Waals surface area contributed by atoms with E-state index >= 15 is 0 Å². The molecule has 1 fully saturated rings. The maximum absolute atomic E-state index is 14.6. The molecule has 0 bridgehead atoms. The zero-order chi connectivity index (χ0) is 21.9. The molecule has 0 saturated carbocycles. The van der Waals surface area contributed by atoms with Gasteiger partial charge in [-0.15, -0.1) is 0 Å². The van der Waals surface area contributed by atoms with Gasteiger partial charge in [-0.25, -0.2) is 14.8 Å². The van der Waals surface area contributed by atoms with Crippen LogP contribution >= 0.6 is 0 Å². The van der Waals surface area contributed by atoms with Crippen LogP contribution < -0.4 is 15.0 Å². The molecule has 1 aliphatic carbocycles. The number of nitrogens with zero attached hydrogens (tertiary/aromatic N) is 3. The highest BCUT2D eigenvalue weighted by Crippen LogP contribution is 2.46. The summed E-state index contributed by atoms with van der Waals surface area (Å²) in [7, 11) is 1.29. The van der Waals surface area contributed by atoms with Gasteiger partial charge in [-0.3, -0.25) is 0 Å². The topological polar surface area (TPSA) is 96.8 Å². The van der Waals surface area contributed by atoms with E-state index in [1.54, 1.807) is 30.0 Å². The second kappa shape index (κ2) is 7.01. The highest BCUT2D eigenvalue weighted by atomic mass is 19.3. The molecule has 10 heteroatoms. The summed E-state index contributed by atoms with van der Waals surface area (Å²) in [5, 5.41) is 12.5. The van der Waals surface area contributed by atoms with Crippen LogP contribution in [-0.4, -0.2) is 53.6 Å². The van der Waals surface area contributed by atoms with Gasteiger partial charge in [0.05, 0.1) is 31.0 Å². The fourth-order valence-electron chi connectivity index (χ4n) is 4.31. The van der Waals surface area contributed by atoms with E-state index in [4.69, 9.17) is 4.74 Å². The average molecular weight is 432 g/mol. The summed E-state index contributed by atoms with van der Waals surface area (Å²) < 4.78 is 39.5. The van der Waals surface area contributed by atoms with Gasteiger partial charge in [-0.1, -0.05) is 12.1 Å². The highest BCUT2D eigenvalue weighted by Gasteiger charge is 2.45. The number of amides is 1. The van der Waals surface area contributed by atoms with Crippen molar-refractivity contribution >= 4 is 12.0 Å². The molecule has 1 saturated heterocycles. The number of aliphatic hydroxyl groups excluding tert-OH is 1. The van der Waals surface area contributed by atoms with Crippen LogP contribution in [0.25, 0.3) is 11.3 Å². The van der Waals surface area contributed by atoms with Crippen LogP contribution in [0.3, 0.4) is 0 Å². The first-order valence-electron chi connectivity index (χ1n) is 10.1. The van der Waals surface area contributed by atoms with Gasteiger partial charge in [-0.05, 0) is 19.4 Å². The average Bonchev–Trinajstić information content (AvgIpc) is 3.30. The molecule has 1 aromatic heterocycles. The lowest BCUT2D eigenvalue weighted by Crippen LogP contribution is -2.59. The lowest BCUT2D eigenvalue weighted by atomic mass is 10.00. The minimum atomic E-state index is -3.02. The Bertz CT molecular complexity index is 1060. The molecule has 2 aliphatic heterocycles. The van der Waals surface area contributed by atoms with Crippen molar-refractivity contribution < 1.29 is 28.2 Å². The van der Waals surface area contributed by atoms with Crippen molar-refractivity contribution in [3.8, 4) is 17.0 Å². The van der Waals surface area contributed by atoms with Crippen molar-refractivity contribution in [2.24, 2.45) is 0 Å². The minimum Gasteiger partial charge on any atom is -0.491 e. The molecule has 8 nitrogen and oxygen atoms in total. The van der Waals surface area contributed by atoms with Crippen LogP contribution in [0.5, 0.6) is 5.75 Å². The maximum atomic E-state index is 14.6. The number of benzene rings is 1. The Morgan fingerprint density at radius 2 is 2.19 bits per heavy atom. The van der Waals surface area contributed by atoms with Crippen LogP contribution in [0, 0.1) is 0 Å². The SMILES string of the molecule is COC(=O)N[C@H]1COc2cc(-c3nc(N4C[C@@H](O)[C@@H]4C)nc4c3CCC4(F)F)ccc21. The first kappa shape index (κ1) is 19.9. The largest absolute Gasteiger partial charge is 0.491 e. The van der Waals surface area contributed by atoms with E-state index in [1.165, 1.54) is 7.11 Å². The van der Waals surface area contributed by atoms with Crippen molar-refractivity contribution in [2.75, 3.05) is 25.2 Å². The molecule has 5 rings (SSSR count). The number of aliphatic hydroxyl groups is 1. The van der Waals surface area contributed by atoms with E-state index in [0.717, 1.165) is 5.56 Å². The molecule has 31 heavy (non-hydrogen) atoms. The van der Waals surface area contributed by atoms with Crippen LogP contribution in [0.2, 0.25) is 0 Å². The number of rotatable bonds is 3. The number of carbonyl (C=O) groups is 1. The summed E-state index contributed by atoms with van der Waals surface area (Å²) in [5.74, 6) is -2.26. The summed E-state index contributed by atoms with van der Waals surface area (Å²) >= 11 is 0. The Hall–Kier alpha value is -3.01. The molecule has 0 radical (unpaired) electrons. The zero-order valence-electron chi connectivity index (χ0n) is 17.1. The Kier molecular flexibility index (Phi) is 4.51. The summed E-state index contributed by atoms with van der Waals surface area (Å²) in [4.78, 5) is 22.1. The van der Waals surface area contributed by atoms with Gasteiger partial charge in [0.2, 0.25) is 5.95 Å². The predicted molar refractivity (Wildman–Crippen MR) is 106 cm³/mol. The van der Waals surface area contributed by atoms with Crippen molar-refractivity contribution in [2.45, 2.75) is 43.9 Å². The van der Waals surface area contributed by atoms with Gasteiger partial charge >= 0.3 is 6.09 Å². The number of alkyl halides is 2. The first-order chi connectivity index (χ1) is 14.8. The van der Waals surface area contributed by atoms with Gasteiger partial charge in [0, 0.05) is 29.7 Å². The molecule has 1 aromatic carbocycles. The number of methoxy groups -OCH3 is 1. The number of β-amino-alcohol motifs (C(OH)–C–C–N with tert-alkyl or cyclic N) is 1. The van der Waals surface area contributed by atoms with Gasteiger partial charge in [0.15, 0.2) is 0 Å². The molecule has 0 unspecified atom stereocenters. The molecule has 1 amide bonds. The van der Waals surface area contributed by atoms with Crippen molar-refractivity contribution in [3.05, 3.63) is 35.0 Å². The molecule has 3 aliphatic rings. The third-order valence-electron chi connectivity index (χ3n) is 6.27. The van der Waals surface area contributed by atoms with Crippen LogP contribution in [0.15, 0.2) is 18.2 Å². The van der Waals surface area contributed by atoms with Gasteiger partial charge in [0.25, 0.3) is 5.92 Å². The van der Waals surface area contributed by atoms with Gasteiger partial charge in [-0.2, -0.15) is 8.78 Å². The Morgan fingerprint density at radius 3 is 2.90 bits per heavy atom. The number of carbonyl (C=O) groups excluding carboxylic acids is 1. The van der Waals surface area contributed by atoms with Crippen molar-refractivity contribution in [3.63, 3.8) is 0 Å². The number of fused-ring (bicyclic) bond motifs is 2. The molecular formula is C21H22F2N4O4. The fourth-order valence-corrected chi connectivity index (χ4v) is 4.31. The summed E-state index contributed by atoms with van der Waals surface area (Å²) in [5.41, 5.74) is 2.06. The lowest BCUT2D eigenvalue weighted by Gasteiger charge is -2.43. The Balaban J connectivity index is 1.55. The second-order valence-electron chi connectivity index (χ2n) is 8.12. The fraction of sp³-hybridized carbons (Fsp3) is 0.476. The summed E-state index contributed by atoms with van der Waals surface area (Å²) in [6, 6.07) is 4.75. The van der Waals surface area contributed by atoms with Crippen molar-refractivity contribution in [1.82, 2.24) is 15.3 Å². The minimum absolute atomic E-state index is 0.181. The quantitative estimate of drug-likeness (QED) is 0.769. The molecule has 3 heterocycles. The Morgan fingerprint density at radius 1 is 1.39 bits per heavy atom. The van der Waals surface area contributed by atoms with Crippen LogP contribution in [-0.2, 0) is 17.1 Å². The molecular weight excluding hydrogens is 410 g/mol. The van der Waals surface area contributed by atoms with Gasteiger partial charge < -0.3 is 24.8 Å². The number of aromatic nitrogens is 2. The van der Waals surface area contributed by atoms with E-state index in [2.05, 4.69) is 20.0 Å². The van der Waals surface area contributed by atoms with E-state index in [-0.39, 0.29) is 43.2 Å². The molecule has 164 valence electrons. The normalized spacial score (nSPS) is 25.3. The third-order valence-corrected chi connectivity index (χ3v) is 6.27. The third kappa shape index (κ3) is 3.16. The second-order valence-corrected chi connectivity index (χ2v) is 8.12. The van der Waals surface area contributed by atoms with Crippen LogP contribution in [0.1, 0.15) is 36.2 Å². The van der Waals surface area contributed by atoms with E-state index < -0.39 is 18.1 Å². The molecule has 3 atom stereocenters.